The number of hydrogen-bond donors (Lipinski definition) is 2. The Morgan fingerprint density at radius 3 is 2.63 bits per heavy atom. The average Bonchev–Trinajstić information content (AvgIpc) is 3.31. The van der Waals surface area contributed by atoms with Crippen LogP contribution in [-0.4, -0.2) is 23.5 Å². The molecule has 0 saturated heterocycles. The first-order valence-electron chi connectivity index (χ1n) is 7.98. The average molecular weight is 442 g/mol. The Balaban J connectivity index is 0.00000182. The Labute approximate surface area is 171 Å². The molecule has 10 heteroatoms. The van der Waals surface area contributed by atoms with Gasteiger partial charge in [-0.1, -0.05) is 12.1 Å². The molecule has 1 atom stereocenters. The van der Waals surface area contributed by atoms with Crippen molar-refractivity contribution in [1.29, 1.82) is 0 Å². The fourth-order valence-corrected chi connectivity index (χ4v) is 3.46. The number of carbonyl (C=O) groups excluding carboxylic acids is 1. The number of alkyl halides is 3. The molecule has 3 rings (SSSR count). The molecule has 1 fully saturated rings. The van der Waals surface area contributed by atoms with E-state index >= 15 is 0 Å². The van der Waals surface area contributed by atoms with E-state index in [-0.39, 0.29) is 43.2 Å². The molecule has 1 aliphatic carbocycles. The van der Waals surface area contributed by atoms with E-state index in [4.69, 9.17) is 5.73 Å². The van der Waals surface area contributed by atoms with Crippen LogP contribution in [0, 0.1) is 5.92 Å². The minimum absolute atomic E-state index is 0. The van der Waals surface area contributed by atoms with E-state index in [2.05, 4.69) is 10.3 Å². The molecule has 150 valence electrons. The van der Waals surface area contributed by atoms with E-state index in [0.717, 1.165) is 25.0 Å². The van der Waals surface area contributed by atoms with Gasteiger partial charge in [0.15, 0.2) is 0 Å². The van der Waals surface area contributed by atoms with E-state index in [0.29, 0.717) is 28.7 Å². The number of rotatable bonds is 6. The summed E-state index contributed by atoms with van der Waals surface area (Å²) >= 11 is 1.22. The monoisotopic (exact) mass is 441 g/mol. The summed E-state index contributed by atoms with van der Waals surface area (Å²) in [5.41, 5.74) is 5.89. The summed E-state index contributed by atoms with van der Waals surface area (Å²) < 4.78 is 38.4. The summed E-state index contributed by atoms with van der Waals surface area (Å²) in [6, 6.07) is 5.02. The van der Waals surface area contributed by atoms with Crippen molar-refractivity contribution in [2.45, 2.75) is 31.5 Å². The highest BCUT2D eigenvalue weighted by molar-refractivity contribution is 7.13. The van der Waals surface area contributed by atoms with Gasteiger partial charge >= 0.3 is 6.18 Å². The van der Waals surface area contributed by atoms with Gasteiger partial charge in [-0.25, -0.2) is 4.98 Å². The maximum absolute atomic E-state index is 12.8. The Kier molecular flexibility index (Phi) is 8.53. The largest absolute Gasteiger partial charge is 0.416 e. The number of nitrogens with one attached hydrogen (secondary N) is 1. The first-order valence-corrected chi connectivity index (χ1v) is 8.86. The minimum Gasteiger partial charge on any atom is -0.351 e. The number of aromatic nitrogens is 1. The molecule has 1 heterocycles. The second-order valence-corrected chi connectivity index (χ2v) is 7.00. The van der Waals surface area contributed by atoms with Gasteiger partial charge in [-0.05, 0) is 30.9 Å². The smallest absolute Gasteiger partial charge is 0.351 e. The van der Waals surface area contributed by atoms with Gasteiger partial charge in [-0.3, -0.25) is 4.79 Å². The lowest BCUT2D eigenvalue weighted by Crippen LogP contribution is -2.42. The molecule has 4 nitrogen and oxygen atoms in total. The van der Waals surface area contributed by atoms with Gasteiger partial charge in [0.05, 0.1) is 17.7 Å². The highest BCUT2D eigenvalue weighted by atomic mass is 35.5. The molecule has 3 N–H and O–H groups in total. The molecular formula is C17H20Cl2F3N3OS. The van der Waals surface area contributed by atoms with Gasteiger partial charge in [0.1, 0.15) is 5.01 Å². The van der Waals surface area contributed by atoms with Crippen molar-refractivity contribution >= 4 is 42.1 Å². The lowest BCUT2D eigenvalue weighted by molar-refractivity contribution is -0.137. The van der Waals surface area contributed by atoms with E-state index in [1.807, 2.05) is 0 Å². The highest BCUT2D eigenvalue weighted by Gasteiger charge is 2.32. The Hall–Kier alpha value is -1.35. The first-order chi connectivity index (χ1) is 11.9. The zero-order valence-electron chi connectivity index (χ0n) is 14.2. The number of hydrogen-bond acceptors (Lipinski definition) is 4. The fourth-order valence-electron chi connectivity index (χ4n) is 2.64. The number of nitrogens with two attached hydrogens (primary N) is 1. The quantitative estimate of drug-likeness (QED) is 0.709. The third-order valence-corrected chi connectivity index (χ3v) is 5.06. The second-order valence-electron chi connectivity index (χ2n) is 6.15. The van der Waals surface area contributed by atoms with Gasteiger partial charge in [-0.2, -0.15) is 13.2 Å². The first kappa shape index (κ1) is 23.7. The predicted octanol–water partition coefficient (Wildman–Crippen LogP) is 4.07. The molecule has 0 aliphatic heterocycles. The predicted molar refractivity (Wildman–Crippen MR) is 104 cm³/mol. The number of carbonyl (C=O) groups is 1. The Morgan fingerprint density at radius 1 is 1.33 bits per heavy atom. The molecule has 0 spiro atoms. The van der Waals surface area contributed by atoms with Crippen LogP contribution in [0.2, 0.25) is 0 Å². The summed E-state index contributed by atoms with van der Waals surface area (Å²) in [6.07, 6.45) is -2.13. The maximum atomic E-state index is 12.8. The van der Waals surface area contributed by atoms with Crippen molar-refractivity contribution in [1.82, 2.24) is 10.3 Å². The summed E-state index contributed by atoms with van der Waals surface area (Å²) in [6.45, 7) is 0.406. The summed E-state index contributed by atoms with van der Waals surface area (Å²) in [7, 11) is 0. The van der Waals surface area contributed by atoms with Crippen LogP contribution in [-0.2, 0) is 17.4 Å². The molecule has 1 saturated carbocycles. The molecule has 1 aliphatic rings. The van der Waals surface area contributed by atoms with Gasteiger partial charge in [0, 0.05) is 23.5 Å². The summed E-state index contributed by atoms with van der Waals surface area (Å²) in [4.78, 5) is 16.4. The molecule has 1 amide bonds. The van der Waals surface area contributed by atoms with Gasteiger partial charge < -0.3 is 11.1 Å². The lowest BCUT2D eigenvalue weighted by Gasteiger charge is -2.15. The van der Waals surface area contributed by atoms with E-state index in [9.17, 15) is 18.0 Å². The molecule has 0 bridgehead atoms. The van der Waals surface area contributed by atoms with Gasteiger partial charge in [-0.15, -0.1) is 36.2 Å². The number of thiazole rings is 1. The third-order valence-electron chi connectivity index (χ3n) is 4.12. The standard InChI is InChI=1S/C17H18F3N3OS.2ClH/c18-17(19,20)12-3-1-2-11(6-12)16-22-13(9-25-16)7-15(24)23-14(8-21)10-4-5-10;;/h1-3,6,9-10,14H,4-5,7-8,21H2,(H,23,24);2*1H. The van der Waals surface area contributed by atoms with Crippen molar-refractivity contribution in [3.8, 4) is 10.6 Å². The van der Waals surface area contributed by atoms with E-state index in [1.165, 1.54) is 17.4 Å². The topological polar surface area (TPSA) is 68.0 Å². The van der Waals surface area contributed by atoms with Crippen LogP contribution >= 0.6 is 36.2 Å². The Bertz CT molecular complexity index is 766. The van der Waals surface area contributed by atoms with Crippen molar-refractivity contribution in [2.75, 3.05) is 6.54 Å². The second kappa shape index (κ2) is 9.73. The normalized spacial score (nSPS) is 14.7. The molecule has 1 unspecified atom stereocenters. The van der Waals surface area contributed by atoms with Gasteiger partial charge in [0.2, 0.25) is 5.91 Å². The van der Waals surface area contributed by atoms with Crippen molar-refractivity contribution in [3.05, 3.63) is 40.9 Å². The number of amides is 1. The number of benzene rings is 1. The molecule has 27 heavy (non-hydrogen) atoms. The molecular weight excluding hydrogens is 422 g/mol. The molecule has 2 aromatic rings. The number of nitrogens with zero attached hydrogens (tertiary/aromatic N) is 1. The fraction of sp³-hybridized carbons (Fsp3) is 0.412. The van der Waals surface area contributed by atoms with Crippen LogP contribution in [0.25, 0.3) is 10.6 Å². The summed E-state index contributed by atoms with van der Waals surface area (Å²) in [5, 5.41) is 5.07. The molecule has 1 aromatic heterocycles. The SMILES string of the molecule is Cl.Cl.NCC(NC(=O)Cc1csc(-c2cccc(C(F)(F)F)c2)n1)C1CC1. The lowest BCUT2D eigenvalue weighted by atomic mass is 10.1. The van der Waals surface area contributed by atoms with Crippen LogP contribution < -0.4 is 11.1 Å². The van der Waals surface area contributed by atoms with Crippen molar-refractivity contribution in [3.63, 3.8) is 0 Å². The van der Waals surface area contributed by atoms with Crippen LogP contribution in [0.4, 0.5) is 13.2 Å². The van der Waals surface area contributed by atoms with E-state index in [1.54, 1.807) is 11.4 Å². The highest BCUT2D eigenvalue weighted by Crippen LogP contribution is 2.33. The number of halogens is 5. The minimum atomic E-state index is -4.39. The van der Waals surface area contributed by atoms with Crippen LogP contribution in [0.1, 0.15) is 24.1 Å². The van der Waals surface area contributed by atoms with Crippen molar-refractivity contribution < 1.29 is 18.0 Å². The Morgan fingerprint density at radius 2 is 2.04 bits per heavy atom. The third kappa shape index (κ3) is 6.34. The maximum Gasteiger partial charge on any atom is 0.416 e. The van der Waals surface area contributed by atoms with Crippen LogP contribution in [0.5, 0.6) is 0 Å². The summed E-state index contributed by atoms with van der Waals surface area (Å²) in [5.74, 6) is 0.299. The zero-order chi connectivity index (χ0) is 18.0. The van der Waals surface area contributed by atoms with Crippen LogP contribution in [0.3, 0.4) is 0 Å². The van der Waals surface area contributed by atoms with Crippen molar-refractivity contribution in [2.24, 2.45) is 11.7 Å². The zero-order valence-corrected chi connectivity index (χ0v) is 16.6. The van der Waals surface area contributed by atoms with E-state index < -0.39 is 11.7 Å². The van der Waals surface area contributed by atoms with Crippen LogP contribution in [0.15, 0.2) is 29.6 Å². The van der Waals surface area contributed by atoms with Gasteiger partial charge in [0.25, 0.3) is 0 Å². The molecule has 1 aromatic carbocycles. The molecule has 0 radical (unpaired) electrons.